The predicted molar refractivity (Wildman–Crippen MR) is 124 cm³/mol. The van der Waals surface area contributed by atoms with Gasteiger partial charge < -0.3 is 9.47 Å². The highest BCUT2D eigenvalue weighted by molar-refractivity contribution is 5.94. The van der Waals surface area contributed by atoms with Crippen molar-refractivity contribution in [1.29, 1.82) is 0 Å². The number of unbranched alkanes of at least 4 members (excludes halogenated alkanes) is 3. The molecule has 2 rings (SSSR count). The number of rotatable bonds is 9. The number of methoxy groups -OCH3 is 1. The molecule has 0 atom stereocenters. The highest BCUT2D eigenvalue weighted by atomic mass is 16.5. The van der Waals surface area contributed by atoms with E-state index in [1.54, 1.807) is 45.2 Å². The number of aromatic nitrogens is 1. The van der Waals surface area contributed by atoms with Gasteiger partial charge in [0, 0.05) is 12.0 Å². The lowest BCUT2D eigenvalue weighted by atomic mass is 9.95. The predicted octanol–water partition coefficient (Wildman–Crippen LogP) is 5.22. The van der Waals surface area contributed by atoms with Gasteiger partial charge in [-0.3, -0.25) is 9.36 Å². The number of hydrogen-bond acceptors (Lipinski definition) is 4. The van der Waals surface area contributed by atoms with E-state index in [1.165, 1.54) is 4.57 Å². The Bertz CT molecular complexity index is 1010. The molecule has 0 amide bonds. The molecule has 0 saturated heterocycles. The van der Waals surface area contributed by atoms with Gasteiger partial charge in [-0.25, -0.2) is 4.79 Å². The molecule has 0 aliphatic carbocycles. The Morgan fingerprint density at radius 3 is 2.32 bits per heavy atom. The third kappa shape index (κ3) is 5.79. The molecule has 0 fully saturated rings. The third-order valence-corrected chi connectivity index (χ3v) is 5.19. The van der Waals surface area contributed by atoms with Crippen molar-refractivity contribution in [3.8, 4) is 23.3 Å². The first-order valence-electron chi connectivity index (χ1n) is 11.1. The maximum absolute atomic E-state index is 13.5. The molecule has 0 N–H and O–H groups in total. The van der Waals surface area contributed by atoms with Gasteiger partial charge in [0.1, 0.15) is 11.4 Å². The molecular formula is C26H33NO4. The molecule has 0 aliphatic rings. The first kappa shape index (κ1) is 24.3. The van der Waals surface area contributed by atoms with Crippen LogP contribution in [0.3, 0.4) is 0 Å². The third-order valence-electron chi connectivity index (χ3n) is 5.19. The van der Waals surface area contributed by atoms with Crippen molar-refractivity contribution in [2.75, 3.05) is 13.7 Å². The van der Waals surface area contributed by atoms with Crippen molar-refractivity contribution in [2.24, 2.45) is 0 Å². The lowest BCUT2D eigenvalue weighted by Gasteiger charge is -2.19. The van der Waals surface area contributed by atoms with Crippen molar-refractivity contribution < 1.29 is 14.3 Å². The van der Waals surface area contributed by atoms with Gasteiger partial charge in [-0.05, 0) is 68.9 Å². The Labute approximate surface area is 185 Å². The minimum Gasteiger partial charge on any atom is -0.497 e. The molecule has 1 heterocycles. The van der Waals surface area contributed by atoms with Gasteiger partial charge in [0.05, 0.1) is 25.0 Å². The van der Waals surface area contributed by atoms with Crippen molar-refractivity contribution >= 4 is 5.97 Å². The molecule has 1 aromatic carbocycles. The molecule has 1 aromatic heterocycles. The molecule has 0 bridgehead atoms. The molecule has 0 radical (unpaired) electrons. The Kier molecular flexibility index (Phi) is 9.40. The quantitative estimate of drug-likeness (QED) is 0.315. The van der Waals surface area contributed by atoms with Gasteiger partial charge in [-0.2, -0.15) is 0 Å². The molecule has 0 aliphatic heterocycles. The van der Waals surface area contributed by atoms with Crippen LogP contribution in [0.2, 0.25) is 0 Å². The van der Waals surface area contributed by atoms with Crippen LogP contribution in [-0.4, -0.2) is 24.3 Å². The average Bonchev–Trinajstić information content (AvgIpc) is 2.78. The number of carbonyl (C=O) groups is 1. The molecule has 2 aromatic rings. The topological polar surface area (TPSA) is 57.5 Å². The SMILES string of the molecule is CCCCC#Cc1c(C(=O)OCC)c(CCCC)c(C)c(=O)n1-c1ccc(OC)cc1. The van der Waals surface area contributed by atoms with Crippen molar-refractivity contribution in [2.45, 2.75) is 66.2 Å². The van der Waals surface area contributed by atoms with E-state index in [9.17, 15) is 9.59 Å². The molecule has 5 heteroatoms. The van der Waals surface area contributed by atoms with Gasteiger partial charge in [-0.1, -0.05) is 32.6 Å². The lowest BCUT2D eigenvalue weighted by molar-refractivity contribution is 0.0523. The fourth-order valence-corrected chi connectivity index (χ4v) is 3.44. The van der Waals surface area contributed by atoms with E-state index in [-0.39, 0.29) is 12.2 Å². The van der Waals surface area contributed by atoms with E-state index < -0.39 is 5.97 Å². The largest absolute Gasteiger partial charge is 0.497 e. The van der Waals surface area contributed by atoms with Crippen LogP contribution in [0.5, 0.6) is 5.75 Å². The maximum Gasteiger partial charge on any atom is 0.341 e. The Hall–Kier alpha value is -3.00. The zero-order valence-corrected chi connectivity index (χ0v) is 19.3. The average molecular weight is 424 g/mol. The summed E-state index contributed by atoms with van der Waals surface area (Å²) in [4.78, 5) is 26.5. The smallest absolute Gasteiger partial charge is 0.341 e. The minimum atomic E-state index is -0.432. The van der Waals surface area contributed by atoms with Gasteiger partial charge in [-0.15, -0.1) is 0 Å². The summed E-state index contributed by atoms with van der Waals surface area (Å²) in [5, 5.41) is 0. The van der Waals surface area contributed by atoms with Crippen LogP contribution in [-0.2, 0) is 11.2 Å². The number of benzene rings is 1. The number of nitrogens with zero attached hydrogens (tertiary/aromatic N) is 1. The summed E-state index contributed by atoms with van der Waals surface area (Å²) in [6.07, 6.45) is 5.17. The van der Waals surface area contributed by atoms with E-state index in [4.69, 9.17) is 9.47 Å². The normalized spacial score (nSPS) is 10.4. The molecule has 5 nitrogen and oxygen atoms in total. The summed E-state index contributed by atoms with van der Waals surface area (Å²) in [6.45, 7) is 8.01. The monoisotopic (exact) mass is 423 g/mol. The summed E-state index contributed by atoms with van der Waals surface area (Å²) < 4.78 is 12.2. The van der Waals surface area contributed by atoms with Crippen LogP contribution >= 0.6 is 0 Å². The van der Waals surface area contributed by atoms with Crippen LogP contribution in [0.1, 0.15) is 80.1 Å². The molecule has 31 heavy (non-hydrogen) atoms. The molecular weight excluding hydrogens is 390 g/mol. The maximum atomic E-state index is 13.5. The Morgan fingerprint density at radius 2 is 1.74 bits per heavy atom. The second-order valence-electron chi connectivity index (χ2n) is 7.40. The number of carbonyl (C=O) groups excluding carboxylic acids is 1. The number of ether oxygens (including phenoxy) is 2. The summed E-state index contributed by atoms with van der Waals surface area (Å²) in [6, 6.07) is 7.19. The standard InChI is InChI=1S/C26H33NO4/c1-6-9-11-12-14-23-24(26(29)31-8-3)22(13-10-7-2)19(4)25(28)27(23)20-15-17-21(30-5)18-16-20/h15-18H,6-11,13H2,1-5H3. The highest BCUT2D eigenvalue weighted by Gasteiger charge is 2.25. The number of pyridine rings is 1. The van der Waals surface area contributed by atoms with Gasteiger partial charge in [0.2, 0.25) is 0 Å². The van der Waals surface area contributed by atoms with E-state index in [0.717, 1.165) is 31.2 Å². The second-order valence-corrected chi connectivity index (χ2v) is 7.40. The Morgan fingerprint density at radius 1 is 1.06 bits per heavy atom. The van der Waals surface area contributed by atoms with Crippen LogP contribution in [0.15, 0.2) is 29.1 Å². The van der Waals surface area contributed by atoms with Crippen LogP contribution in [0.4, 0.5) is 0 Å². The van der Waals surface area contributed by atoms with E-state index in [2.05, 4.69) is 25.7 Å². The van der Waals surface area contributed by atoms with Crippen LogP contribution < -0.4 is 10.3 Å². The summed E-state index contributed by atoms with van der Waals surface area (Å²) >= 11 is 0. The first-order valence-corrected chi connectivity index (χ1v) is 11.1. The summed E-state index contributed by atoms with van der Waals surface area (Å²) in [5.41, 5.74) is 2.60. The van der Waals surface area contributed by atoms with Crippen molar-refractivity contribution in [1.82, 2.24) is 4.57 Å². The highest BCUT2D eigenvalue weighted by Crippen LogP contribution is 2.23. The Balaban J connectivity index is 2.86. The number of esters is 1. The fraction of sp³-hybridized carbons (Fsp3) is 0.462. The van der Waals surface area contributed by atoms with Gasteiger partial charge in [0.15, 0.2) is 0 Å². The minimum absolute atomic E-state index is 0.163. The fourth-order valence-electron chi connectivity index (χ4n) is 3.44. The number of hydrogen-bond donors (Lipinski definition) is 0. The van der Waals surface area contributed by atoms with E-state index in [1.807, 2.05) is 0 Å². The van der Waals surface area contributed by atoms with Crippen molar-refractivity contribution in [3.05, 3.63) is 57.0 Å². The van der Waals surface area contributed by atoms with E-state index >= 15 is 0 Å². The molecule has 0 saturated carbocycles. The summed E-state index contributed by atoms with van der Waals surface area (Å²) in [5.74, 6) is 6.57. The summed E-state index contributed by atoms with van der Waals surface area (Å²) in [7, 11) is 1.59. The molecule has 0 unspecified atom stereocenters. The molecule has 166 valence electrons. The molecule has 0 spiro atoms. The van der Waals surface area contributed by atoms with Crippen molar-refractivity contribution in [3.63, 3.8) is 0 Å². The first-order chi connectivity index (χ1) is 15.0. The van der Waals surface area contributed by atoms with E-state index in [0.29, 0.717) is 41.1 Å². The van der Waals surface area contributed by atoms with Gasteiger partial charge >= 0.3 is 5.97 Å². The second kappa shape index (κ2) is 12.0. The van der Waals surface area contributed by atoms with Crippen LogP contribution in [0.25, 0.3) is 5.69 Å². The van der Waals surface area contributed by atoms with Gasteiger partial charge in [0.25, 0.3) is 5.56 Å². The zero-order valence-electron chi connectivity index (χ0n) is 19.3. The van der Waals surface area contributed by atoms with Crippen LogP contribution in [0, 0.1) is 18.8 Å². The zero-order chi connectivity index (χ0) is 22.8. The lowest BCUT2D eigenvalue weighted by Crippen LogP contribution is -2.29.